The predicted octanol–water partition coefficient (Wildman–Crippen LogP) is 0.379. The highest BCUT2D eigenvalue weighted by molar-refractivity contribution is 5.78. The second-order valence-corrected chi connectivity index (χ2v) is 2.75. The monoisotopic (exact) mass is 142 g/mol. The third-order valence-corrected chi connectivity index (χ3v) is 2.12. The predicted molar refractivity (Wildman–Crippen MR) is 39.2 cm³/mol. The maximum Gasteiger partial charge on any atom is 0.239 e. The van der Waals surface area contributed by atoms with E-state index < -0.39 is 0 Å². The highest BCUT2D eigenvalue weighted by Gasteiger charge is 2.27. The van der Waals surface area contributed by atoms with Crippen LogP contribution in [0, 0.1) is 5.92 Å². The molecule has 3 nitrogen and oxygen atoms in total. The van der Waals surface area contributed by atoms with Gasteiger partial charge in [0.25, 0.3) is 0 Å². The van der Waals surface area contributed by atoms with E-state index in [1.807, 2.05) is 0 Å². The van der Waals surface area contributed by atoms with Gasteiger partial charge in [-0.25, -0.2) is 5.43 Å². The molecule has 1 rings (SSSR count). The quantitative estimate of drug-likeness (QED) is 0.565. The number of amides is 1. The van der Waals surface area contributed by atoms with E-state index in [0.29, 0.717) is 5.92 Å². The van der Waals surface area contributed by atoms with Crippen LogP contribution >= 0.6 is 0 Å². The molecule has 1 aliphatic carbocycles. The van der Waals surface area contributed by atoms with E-state index in [9.17, 15) is 4.79 Å². The molecular weight excluding hydrogens is 128 g/mol. The van der Waals surface area contributed by atoms with Crippen LogP contribution in [-0.4, -0.2) is 25.0 Å². The van der Waals surface area contributed by atoms with Crippen molar-refractivity contribution in [3.63, 3.8) is 0 Å². The van der Waals surface area contributed by atoms with Gasteiger partial charge >= 0.3 is 0 Å². The van der Waals surface area contributed by atoms with Crippen molar-refractivity contribution < 1.29 is 4.79 Å². The molecule has 0 aliphatic heterocycles. The van der Waals surface area contributed by atoms with Gasteiger partial charge in [0.15, 0.2) is 0 Å². The van der Waals surface area contributed by atoms with Gasteiger partial charge in [-0.15, -0.1) is 0 Å². The normalized spacial score (nSPS) is 18.2. The lowest BCUT2D eigenvalue weighted by molar-refractivity contribution is -0.139. The fourth-order valence-electron chi connectivity index (χ4n) is 1.04. The second-order valence-electron chi connectivity index (χ2n) is 2.75. The lowest BCUT2D eigenvalue weighted by Gasteiger charge is -2.28. The summed E-state index contributed by atoms with van der Waals surface area (Å²) in [6.45, 7) is 0. The molecule has 0 aromatic carbocycles. The molecule has 0 saturated heterocycles. The van der Waals surface area contributed by atoms with Gasteiger partial charge in [-0.05, 0) is 12.8 Å². The number of rotatable bonds is 2. The summed E-state index contributed by atoms with van der Waals surface area (Å²) in [6.07, 6.45) is 3.36. The molecule has 0 aromatic heterocycles. The number of carbonyl (C=O) groups is 1. The van der Waals surface area contributed by atoms with Crippen LogP contribution in [0.5, 0.6) is 0 Å². The van der Waals surface area contributed by atoms with Crippen molar-refractivity contribution in [1.29, 1.82) is 0 Å². The Kier molecular flexibility index (Phi) is 2.27. The SMILES string of the molecule is CNN(C)C(=O)C1CCC1. The van der Waals surface area contributed by atoms with Crippen LogP contribution in [-0.2, 0) is 4.79 Å². The summed E-state index contributed by atoms with van der Waals surface area (Å²) in [7, 11) is 3.53. The Morgan fingerprint density at radius 1 is 1.60 bits per heavy atom. The van der Waals surface area contributed by atoms with Crippen molar-refractivity contribution in [3.8, 4) is 0 Å². The minimum atomic E-state index is 0.230. The Morgan fingerprint density at radius 3 is 2.50 bits per heavy atom. The molecule has 1 N–H and O–H groups in total. The Hall–Kier alpha value is -0.570. The number of hydrogen-bond acceptors (Lipinski definition) is 2. The van der Waals surface area contributed by atoms with E-state index in [1.54, 1.807) is 19.1 Å². The smallest absolute Gasteiger partial charge is 0.239 e. The third-order valence-electron chi connectivity index (χ3n) is 2.12. The number of nitrogens with zero attached hydrogens (tertiary/aromatic N) is 1. The maximum absolute atomic E-state index is 11.2. The summed E-state index contributed by atoms with van der Waals surface area (Å²) in [5.41, 5.74) is 2.80. The van der Waals surface area contributed by atoms with Crippen molar-refractivity contribution >= 4 is 5.91 Å². The lowest BCUT2D eigenvalue weighted by atomic mass is 9.85. The van der Waals surface area contributed by atoms with Gasteiger partial charge in [-0.1, -0.05) is 6.42 Å². The van der Waals surface area contributed by atoms with Gasteiger partial charge in [0.2, 0.25) is 5.91 Å². The van der Waals surface area contributed by atoms with E-state index in [0.717, 1.165) is 12.8 Å². The van der Waals surface area contributed by atoms with Crippen molar-refractivity contribution in [2.45, 2.75) is 19.3 Å². The fraction of sp³-hybridized carbons (Fsp3) is 0.857. The van der Waals surface area contributed by atoms with Crippen LogP contribution < -0.4 is 5.43 Å². The zero-order valence-corrected chi connectivity index (χ0v) is 6.55. The summed E-state index contributed by atoms with van der Waals surface area (Å²) in [6, 6.07) is 0. The van der Waals surface area contributed by atoms with Crippen LogP contribution in [0.3, 0.4) is 0 Å². The van der Waals surface area contributed by atoms with E-state index in [-0.39, 0.29) is 5.91 Å². The molecule has 0 atom stereocenters. The average Bonchev–Trinajstić information content (AvgIpc) is 1.82. The van der Waals surface area contributed by atoms with E-state index in [2.05, 4.69) is 5.43 Å². The Bertz CT molecular complexity index is 125. The Balaban J connectivity index is 2.32. The van der Waals surface area contributed by atoms with E-state index in [1.165, 1.54) is 6.42 Å². The summed E-state index contributed by atoms with van der Waals surface area (Å²) in [5, 5.41) is 1.56. The lowest BCUT2D eigenvalue weighted by Crippen LogP contribution is -2.42. The first-order valence-electron chi connectivity index (χ1n) is 3.70. The van der Waals surface area contributed by atoms with Crippen molar-refractivity contribution in [3.05, 3.63) is 0 Å². The molecule has 10 heavy (non-hydrogen) atoms. The molecule has 58 valence electrons. The van der Waals surface area contributed by atoms with E-state index >= 15 is 0 Å². The van der Waals surface area contributed by atoms with Crippen LogP contribution in [0.4, 0.5) is 0 Å². The summed E-state index contributed by atoms with van der Waals surface area (Å²) in [5.74, 6) is 0.534. The molecular formula is C7H14N2O. The number of carbonyl (C=O) groups excluding carboxylic acids is 1. The fourth-order valence-corrected chi connectivity index (χ4v) is 1.04. The Labute approximate surface area is 61.4 Å². The number of hydrazine groups is 1. The maximum atomic E-state index is 11.2. The van der Waals surface area contributed by atoms with Gasteiger partial charge < -0.3 is 0 Å². The second kappa shape index (κ2) is 3.01. The van der Waals surface area contributed by atoms with Crippen LogP contribution in [0.15, 0.2) is 0 Å². The summed E-state index contributed by atoms with van der Waals surface area (Å²) >= 11 is 0. The molecule has 0 heterocycles. The highest BCUT2D eigenvalue weighted by atomic mass is 16.2. The minimum absolute atomic E-state index is 0.230. The Morgan fingerprint density at radius 2 is 2.20 bits per heavy atom. The van der Waals surface area contributed by atoms with E-state index in [4.69, 9.17) is 0 Å². The molecule has 1 aliphatic rings. The molecule has 0 radical (unpaired) electrons. The van der Waals surface area contributed by atoms with Gasteiger partial charge in [0, 0.05) is 20.0 Å². The number of nitrogens with one attached hydrogen (secondary N) is 1. The van der Waals surface area contributed by atoms with Crippen LogP contribution in [0.1, 0.15) is 19.3 Å². The first kappa shape index (κ1) is 7.54. The van der Waals surface area contributed by atoms with Crippen molar-refractivity contribution in [2.24, 2.45) is 5.92 Å². The molecule has 1 amide bonds. The first-order valence-corrected chi connectivity index (χ1v) is 3.70. The topological polar surface area (TPSA) is 32.3 Å². The molecule has 3 heteroatoms. The molecule has 1 saturated carbocycles. The average molecular weight is 142 g/mol. The minimum Gasteiger partial charge on any atom is -0.281 e. The molecule has 0 spiro atoms. The molecule has 0 aromatic rings. The third kappa shape index (κ3) is 1.29. The van der Waals surface area contributed by atoms with Gasteiger partial charge in [0.1, 0.15) is 0 Å². The first-order chi connectivity index (χ1) is 4.75. The zero-order valence-electron chi connectivity index (χ0n) is 6.55. The molecule has 0 unspecified atom stereocenters. The van der Waals surface area contributed by atoms with Crippen LogP contribution in [0.25, 0.3) is 0 Å². The van der Waals surface area contributed by atoms with Crippen LogP contribution in [0.2, 0.25) is 0 Å². The van der Waals surface area contributed by atoms with Gasteiger partial charge in [0.05, 0.1) is 0 Å². The number of hydrogen-bond donors (Lipinski definition) is 1. The van der Waals surface area contributed by atoms with Gasteiger partial charge in [-0.2, -0.15) is 0 Å². The zero-order chi connectivity index (χ0) is 7.56. The molecule has 1 fully saturated rings. The summed E-state index contributed by atoms with van der Waals surface area (Å²) in [4.78, 5) is 11.2. The van der Waals surface area contributed by atoms with Crippen molar-refractivity contribution in [1.82, 2.24) is 10.4 Å². The largest absolute Gasteiger partial charge is 0.281 e. The highest BCUT2D eigenvalue weighted by Crippen LogP contribution is 2.27. The molecule has 0 bridgehead atoms. The van der Waals surface area contributed by atoms with Crippen molar-refractivity contribution in [2.75, 3.05) is 14.1 Å². The standard InChI is InChI=1S/C7H14N2O/c1-8-9(2)7(10)6-4-3-5-6/h6,8H,3-5H2,1-2H3. The van der Waals surface area contributed by atoms with Gasteiger partial charge in [-0.3, -0.25) is 9.80 Å². The summed E-state index contributed by atoms with van der Waals surface area (Å²) < 4.78 is 0.